The van der Waals surface area contributed by atoms with Crippen LogP contribution in [0.3, 0.4) is 0 Å². The second-order valence-corrected chi connectivity index (χ2v) is 7.19. The van der Waals surface area contributed by atoms with Crippen LogP contribution in [0.2, 0.25) is 0 Å². The Balaban J connectivity index is 2.49. The number of carbonyl (C=O) groups is 1. The molecular weight excluding hydrogens is 278 g/mol. The summed E-state index contributed by atoms with van der Waals surface area (Å²) >= 11 is 3.00. The molecule has 1 aromatic heterocycles. The quantitative estimate of drug-likeness (QED) is 0.759. The van der Waals surface area contributed by atoms with Crippen LogP contribution in [0.1, 0.15) is 43.3 Å². The first-order valence-electron chi connectivity index (χ1n) is 6.48. The summed E-state index contributed by atoms with van der Waals surface area (Å²) in [5.74, 6) is 0.465. The van der Waals surface area contributed by atoms with Crippen LogP contribution in [0.4, 0.5) is 0 Å². The summed E-state index contributed by atoms with van der Waals surface area (Å²) in [5, 5.41) is 15.0. The van der Waals surface area contributed by atoms with E-state index in [1.165, 1.54) is 11.3 Å². The van der Waals surface area contributed by atoms with E-state index in [0.29, 0.717) is 18.9 Å². The maximum atomic E-state index is 12.0. The van der Waals surface area contributed by atoms with E-state index >= 15 is 0 Å². The van der Waals surface area contributed by atoms with Crippen molar-refractivity contribution in [3.05, 3.63) is 16.3 Å². The Morgan fingerprint density at radius 1 is 1.58 bits per heavy atom. The molecule has 2 N–H and O–H groups in total. The molecule has 1 rings (SSSR count). The highest BCUT2D eigenvalue weighted by Crippen LogP contribution is 2.25. The molecule has 0 bridgehead atoms. The minimum Gasteiger partial charge on any atom is -0.388 e. The molecule has 108 valence electrons. The van der Waals surface area contributed by atoms with Crippen LogP contribution < -0.4 is 5.32 Å². The Hall–Kier alpha value is -0.520. The third kappa shape index (κ3) is 5.55. The van der Waals surface area contributed by atoms with E-state index in [1.54, 1.807) is 18.7 Å². The van der Waals surface area contributed by atoms with Crippen LogP contribution in [0, 0.1) is 5.92 Å². The molecular formula is C14H23NO2S2. The van der Waals surface area contributed by atoms with E-state index < -0.39 is 5.60 Å². The summed E-state index contributed by atoms with van der Waals surface area (Å²) in [4.78, 5) is 13.8. The fourth-order valence-corrected chi connectivity index (χ4v) is 3.33. The second kappa shape index (κ2) is 7.31. The molecule has 1 unspecified atom stereocenters. The molecule has 0 saturated heterocycles. The molecule has 0 saturated carbocycles. The maximum Gasteiger partial charge on any atom is 0.262 e. The van der Waals surface area contributed by atoms with Crippen molar-refractivity contribution in [2.45, 2.75) is 44.1 Å². The predicted molar refractivity (Wildman–Crippen MR) is 83.1 cm³/mol. The monoisotopic (exact) mass is 301 g/mol. The van der Waals surface area contributed by atoms with Gasteiger partial charge in [0.05, 0.1) is 5.60 Å². The number of amides is 1. The van der Waals surface area contributed by atoms with Crippen LogP contribution in [0.25, 0.3) is 0 Å². The van der Waals surface area contributed by atoms with Crippen LogP contribution in [-0.2, 0) is 0 Å². The Labute approximate surface area is 123 Å². The zero-order chi connectivity index (χ0) is 14.5. The molecule has 0 aliphatic carbocycles. The Bertz CT molecular complexity index is 413. The normalized spacial score (nSPS) is 14.4. The Morgan fingerprint density at radius 3 is 2.84 bits per heavy atom. The number of carbonyl (C=O) groups excluding carboxylic acids is 1. The van der Waals surface area contributed by atoms with E-state index in [4.69, 9.17) is 0 Å². The molecule has 0 spiro atoms. The van der Waals surface area contributed by atoms with Gasteiger partial charge in [-0.25, -0.2) is 0 Å². The average Bonchev–Trinajstić information content (AvgIpc) is 2.82. The first-order valence-corrected chi connectivity index (χ1v) is 8.58. The summed E-state index contributed by atoms with van der Waals surface area (Å²) in [5.41, 5.74) is -0.837. The molecule has 1 heterocycles. The lowest BCUT2D eigenvalue weighted by atomic mass is 9.95. The van der Waals surface area contributed by atoms with Gasteiger partial charge >= 0.3 is 0 Å². The molecule has 0 aliphatic heterocycles. The molecule has 0 fully saturated rings. The van der Waals surface area contributed by atoms with E-state index in [1.807, 2.05) is 17.7 Å². The number of thiophene rings is 1. The van der Waals surface area contributed by atoms with Crippen molar-refractivity contribution < 1.29 is 9.90 Å². The van der Waals surface area contributed by atoms with Crippen molar-refractivity contribution >= 4 is 29.0 Å². The molecule has 5 heteroatoms. The van der Waals surface area contributed by atoms with Crippen molar-refractivity contribution in [1.82, 2.24) is 5.32 Å². The molecule has 3 nitrogen and oxygen atoms in total. The third-order valence-corrected chi connectivity index (χ3v) is 4.77. The highest BCUT2D eigenvalue weighted by molar-refractivity contribution is 7.98. The minimum atomic E-state index is -0.837. The smallest absolute Gasteiger partial charge is 0.262 e. The Kier molecular flexibility index (Phi) is 6.36. The van der Waals surface area contributed by atoms with E-state index in [-0.39, 0.29) is 5.91 Å². The van der Waals surface area contributed by atoms with E-state index in [9.17, 15) is 9.90 Å². The van der Waals surface area contributed by atoms with Crippen LogP contribution in [0.5, 0.6) is 0 Å². The van der Waals surface area contributed by atoms with Crippen LogP contribution in [-0.4, -0.2) is 29.4 Å². The highest BCUT2D eigenvalue weighted by atomic mass is 32.2. The lowest BCUT2D eigenvalue weighted by Gasteiger charge is -2.24. The highest BCUT2D eigenvalue weighted by Gasteiger charge is 2.22. The summed E-state index contributed by atoms with van der Waals surface area (Å²) in [6.07, 6.45) is 3.61. The fourth-order valence-electron chi connectivity index (χ4n) is 1.66. The standard InChI is InChI=1S/C14H23NO2S2/c1-10(2)5-7-14(3,17)9-15-13(16)12-11(18-4)6-8-19-12/h6,8,10,17H,5,7,9H2,1-4H3,(H,15,16). The molecule has 1 atom stereocenters. The molecule has 19 heavy (non-hydrogen) atoms. The van der Waals surface area contributed by atoms with Gasteiger partial charge < -0.3 is 10.4 Å². The van der Waals surface area contributed by atoms with Crippen molar-refractivity contribution in [1.29, 1.82) is 0 Å². The molecule has 1 amide bonds. The van der Waals surface area contributed by atoms with Gasteiger partial charge in [-0.3, -0.25) is 4.79 Å². The number of thioether (sulfide) groups is 1. The zero-order valence-electron chi connectivity index (χ0n) is 12.0. The van der Waals surface area contributed by atoms with Gasteiger partial charge in [-0.2, -0.15) is 0 Å². The minimum absolute atomic E-state index is 0.0934. The summed E-state index contributed by atoms with van der Waals surface area (Å²) in [6, 6.07) is 1.95. The SMILES string of the molecule is CSc1ccsc1C(=O)NCC(C)(O)CCC(C)C. The number of hydrogen-bond acceptors (Lipinski definition) is 4. The van der Waals surface area contributed by atoms with Crippen molar-refractivity contribution in [2.24, 2.45) is 5.92 Å². The molecule has 0 radical (unpaired) electrons. The van der Waals surface area contributed by atoms with Gasteiger partial charge in [-0.05, 0) is 43.4 Å². The van der Waals surface area contributed by atoms with Crippen molar-refractivity contribution in [2.75, 3.05) is 12.8 Å². The topological polar surface area (TPSA) is 49.3 Å². The Morgan fingerprint density at radius 2 is 2.26 bits per heavy atom. The molecule has 1 aromatic rings. The molecule has 0 aromatic carbocycles. The van der Waals surface area contributed by atoms with Gasteiger partial charge in [0.1, 0.15) is 4.88 Å². The number of nitrogens with one attached hydrogen (secondary N) is 1. The largest absolute Gasteiger partial charge is 0.388 e. The van der Waals surface area contributed by atoms with E-state index in [0.717, 1.165) is 16.2 Å². The lowest BCUT2D eigenvalue weighted by molar-refractivity contribution is 0.0429. The third-order valence-electron chi connectivity index (χ3n) is 2.95. The second-order valence-electron chi connectivity index (χ2n) is 5.43. The van der Waals surface area contributed by atoms with Gasteiger partial charge in [0.25, 0.3) is 5.91 Å². The number of aliphatic hydroxyl groups is 1. The van der Waals surface area contributed by atoms with Gasteiger partial charge in [0, 0.05) is 11.4 Å². The van der Waals surface area contributed by atoms with Gasteiger partial charge in [0.2, 0.25) is 0 Å². The zero-order valence-corrected chi connectivity index (χ0v) is 13.7. The van der Waals surface area contributed by atoms with Crippen molar-refractivity contribution in [3.8, 4) is 0 Å². The van der Waals surface area contributed by atoms with Gasteiger partial charge in [-0.1, -0.05) is 13.8 Å². The van der Waals surface area contributed by atoms with Crippen molar-refractivity contribution in [3.63, 3.8) is 0 Å². The van der Waals surface area contributed by atoms with Gasteiger partial charge in [-0.15, -0.1) is 23.1 Å². The fraction of sp³-hybridized carbons (Fsp3) is 0.643. The number of hydrogen-bond donors (Lipinski definition) is 2. The average molecular weight is 301 g/mol. The lowest BCUT2D eigenvalue weighted by Crippen LogP contribution is -2.40. The first-order chi connectivity index (χ1) is 8.85. The van der Waals surface area contributed by atoms with Crippen LogP contribution >= 0.6 is 23.1 Å². The maximum absolute atomic E-state index is 12.0. The first kappa shape index (κ1) is 16.5. The van der Waals surface area contributed by atoms with Crippen LogP contribution in [0.15, 0.2) is 16.3 Å². The number of rotatable bonds is 7. The van der Waals surface area contributed by atoms with Gasteiger partial charge in [0.15, 0.2) is 0 Å². The predicted octanol–water partition coefficient (Wildman–Crippen LogP) is 3.39. The summed E-state index contributed by atoms with van der Waals surface area (Å²) in [7, 11) is 0. The van der Waals surface area contributed by atoms with E-state index in [2.05, 4.69) is 19.2 Å². The summed E-state index contributed by atoms with van der Waals surface area (Å²) < 4.78 is 0. The summed E-state index contributed by atoms with van der Waals surface area (Å²) in [6.45, 7) is 6.33. The molecule has 0 aliphatic rings.